The van der Waals surface area contributed by atoms with Crippen LogP contribution < -0.4 is 15.4 Å². The molecule has 2 N–H and O–H groups in total. The molecule has 1 aromatic heterocycles. The topological polar surface area (TPSA) is 74.1 Å². The van der Waals surface area contributed by atoms with Gasteiger partial charge in [-0.05, 0) is 36.1 Å². The second-order valence-electron chi connectivity index (χ2n) is 6.26. The Labute approximate surface area is 161 Å². The summed E-state index contributed by atoms with van der Waals surface area (Å²) in [4.78, 5) is 13.7. The van der Waals surface area contributed by atoms with Gasteiger partial charge in [0.2, 0.25) is 5.91 Å². The van der Waals surface area contributed by atoms with Crippen LogP contribution in [0.5, 0.6) is 5.75 Å². The number of ether oxygens (including phenoxy) is 1. The quantitative estimate of drug-likeness (QED) is 0.808. The molecule has 1 unspecified atom stereocenters. The van der Waals surface area contributed by atoms with Crippen molar-refractivity contribution in [3.63, 3.8) is 0 Å². The average Bonchev–Trinajstić information content (AvgIpc) is 2.98. The summed E-state index contributed by atoms with van der Waals surface area (Å²) in [5.74, 6) is 0.403. The molecular weight excluding hydrogens is 370 g/mol. The molecule has 2 aromatic rings. The molecule has 5 nitrogen and oxygen atoms in total. The molecule has 1 aromatic carbocycles. The zero-order valence-electron chi connectivity index (χ0n) is 14.7. The van der Waals surface area contributed by atoms with Crippen LogP contribution in [0.1, 0.15) is 40.8 Å². The number of benzene rings is 1. The van der Waals surface area contributed by atoms with Crippen molar-refractivity contribution in [2.45, 2.75) is 32.2 Å². The maximum absolute atomic E-state index is 12.5. The summed E-state index contributed by atoms with van der Waals surface area (Å²) in [7, 11) is 1.57. The number of halogens is 1. The predicted octanol–water partition coefficient (Wildman–Crippen LogP) is 4.06. The second-order valence-corrected chi connectivity index (χ2v) is 7.75. The average molecular weight is 390 g/mol. The number of anilines is 1. The Balaban J connectivity index is 1.74. The SMILES string of the molecule is COc1cccc(C(C)CC(=O)Nc2sc3c(c2C#N)CCNC3)c1Cl. The van der Waals surface area contributed by atoms with Gasteiger partial charge in [0.1, 0.15) is 16.8 Å². The highest BCUT2D eigenvalue weighted by Crippen LogP contribution is 2.36. The molecule has 0 bridgehead atoms. The van der Waals surface area contributed by atoms with E-state index in [0.717, 1.165) is 35.5 Å². The summed E-state index contributed by atoms with van der Waals surface area (Å²) in [5, 5.41) is 16.9. The molecule has 1 aliphatic rings. The normalized spacial score (nSPS) is 14.2. The first kappa shape index (κ1) is 18.7. The number of hydrogen-bond donors (Lipinski definition) is 2. The van der Waals surface area contributed by atoms with Gasteiger partial charge in [-0.2, -0.15) is 5.26 Å². The van der Waals surface area contributed by atoms with E-state index >= 15 is 0 Å². The minimum Gasteiger partial charge on any atom is -0.495 e. The molecule has 1 aliphatic heterocycles. The van der Waals surface area contributed by atoms with Crippen molar-refractivity contribution in [1.82, 2.24) is 5.32 Å². The lowest BCUT2D eigenvalue weighted by Crippen LogP contribution is -2.22. The number of amides is 1. The van der Waals surface area contributed by atoms with Gasteiger partial charge in [-0.25, -0.2) is 0 Å². The number of methoxy groups -OCH3 is 1. The van der Waals surface area contributed by atoms with Crippen LogP contribution in [-0.2, 0) is 17.8 Å². The summed E-state index contributed by atoms with van der Waals surface area (Å²) in [6, 6.07) is 7.81. The molecule has 0 saturated heterocycles. The monoisotopic (exact) mass is 389 g/mol. The zero-order chi connectivity index (χ0) is 18.7. The molecule has 0 spiro atoms. The molecule has 0 saturated carbocycles. The number of nitrogens with zero attached hydrogens (tertiary/aromatic N) is 1. The Kier molecular flexibility index (Phi) is 5.82. The van der Waals surface area contributed by atoms with Gasteiger partial charge in [-0.3, -0.25) is 4.79 Å². The summed E-state index contributed by atoms with van der Waals surface area (Å²) in [6.45, 7) is 3.56. The van der Waals surface area contributed by atoms with E-state index in [1.165, 1.54) is 11.3 Å². The number of hydrogen-bond acceptors (Lipinski definition) is 5. The Morgan fingerprint density at radius 3 is 3.08 bits per heavy atom. The molecule has 0 radical (unpaired) electrons. The van der Waals surface area contributed by atoms with Crippen molar-refractivity contribution in [3.8, 4) is 11.8 Å². The Hall–Kier alpha value is -2.07. The molecular formula is C19H20ClN3O2S. The lowest BCUT2D eigenvalue weighted by atomic mass is 9.97. The van der Waals surface area contributed by atoms with E-state index in [2.05, 4.69) is 16.7 Å². The van der Waals surface area contributed by atoms with Gasteiger partial charge in [0.25, 0.3) is 0 Å². The first-order valence-electron chi connectivity index (χ1n) is 8.42. The Bertz CT molecular complexity index is 872. The van der Waals surface area contributed by atoms with E-state index < -0.39 is 0 Å². The van der Waals surface area contributed by atoms with Crippen LogP contribution in [0.4, 0.5) is 5.00 Å². The second kappa shape index (κ2) is 8.09. The fourth-order valence-electron chi connectivity index (χ4n) is 3.17. The van der Waals surface area contributed by atoms with E-state index in [0.29, 0.717) is 21.3 Å². The summed E-state index contributed by atoms with van der Waals surface area (Å²) < 4.78 is 5.24. The third-order valence-electron chi connectivity index (χ3n) is 4.53. The molecule has 26 heavy (non-hydrogen) atoms. The number of carbonyl (C=O) groups excluding carboxylic acids is 1. The van der Waals surface area contributed by atoms with Crippen LogP contribution in [0.2, 0.25) is 5.02 Å². The molecule has 7 heteroatoms. The number of fused-ring (bicyclic) bond motifs is 1. The summed E-state index contributed by atoms with van der Waals surface area (Å²) >= 11 is 7.84. The standard InChI is InChI=1S/C19H20ClN3O2S/c1-11(12-4-3-5-15(25-2)18(12)20)8-17(24)23-19-14(9-21)13-6-7-22-10-16(13)26-19/h3-5,11,22H,6-8,10H2,1-2H3,(H,23,24). The lowest BCUT2D eigenvalue weighted by Gasteiger charge is -2.15. The zero-order valence-corrected chi connectivity index (χ0v) is 16.3. The van der Waals surface area contributed by atoms with Gasteiger partial charge < -0.3 is 15.4 Å². The third kappa shape index (κ3) is 3.70. The maximum atomic E-state index is 12.5. The Morgan fingerprint density at radius 1 is 1.54 bits per heavy atom. The molecule has 1 atom stereocenters. The fraction of sp³-hybridized carbons (Fsp3) is 0.368. The number of nitriles is 1. The third-order valence-corrected chi connectivity index (χ3v) is 6.08. The highest BCUT2D eigenvalue weighted by molar-refractivity contribution is 7.16. The van der Waals surface area contributed by atoms with Gasteiger partial charge in [-0.15, -0.1) is 11.3 Å². The maximum Gasteiger partial charge on any atom is 0.225 e. The summed E-state index contributed by atoms with van der Waals surface area (Å²) in [6.07, 6.45) is 1.10. The number of carbonyl (C=O) groups is 1. The molecule has 0 aliphatic carbocycles. The summed E-state index contributed by atoms with van der Waals surface area (Å²) in [5.41, 5.74) is 2.54. The lowest BCUT2D eigenvalue weighted by molar-refractivity contribution is -0.116. The van der Waals surface area contributed by atoms with Gasteiger partial charge in [0, 0.05) is 17.8 Å². The van der Waals surface area contributed by atoms with Crippen molar-refractivity contribution in [2.75, 3.05) is 19.0 Å². The number of thiophene rings is 1. The largest absolute Gasteiger partial charge is 0.495 e. The first-order chi connectivity index (χ1) is 12.5. The highest BCUT2D eigenvalue weighted by Gasteiger charge is 2.23. The molecule has 2 heterocycles. The van der Waals surface area contributed by atoms with E-state index in [-0.39, 0.29) is 18.2 Å². The fourth-order valence-corrected chi connectivity index (χ4v) is 4.75. The van der Waals surface area contributed by atoms with Crippen LogP contribution in [0.3, 0.4) is 0 Å². The minimum absolute atomic E-state index is 0.0700. The minimum atomic E-state index is -0.126. The van der Waals surface area contributed by atoms with Crippen molar-refractivity contribution in [1.29, 1.82) is 5.26 Å². The smallest absolute Gasteiger partial charge is 0.225 e. The van der Waals surface area contributed by atoms with Gasteiger partial charge in [0.05, 0.1) is 17.7 Å². The van der Waals surface area contributed by atoms with Crippen LogP contribution >= 0.6 is 22.9 Å². The van der Waals surface area contributed by atoms with E-state index in [4.69, 9.17) is 16.3 Å². The Morgan fingerprint density at radius 2 is 2.35 bits per heavy atom. The van der Waals surface area contributed by atoms with Crippen LogP contribution in [0.15, 0.2) is 18.2 Å². The van der Waals surface area contributed by atoms with E-state index in [9.17, 15) is 10.1 Å². The van der Waals surface area contributed by atoms with Crippen molar-refractivity contribution >= 4 is 33.8 Å². The van der Waals surface area contributed by atoms with E-state index in [1.54, 1.807) is 13.2 Å². The number of nitrogens with one attached hydrogen (secondary N) is 2. The van der Waals surface area contributed by atoms with Crippen LogP contribution in [0.25, 0.3) is 0 Å². The van der Waals surface area contributed by atoms with E-state index in [1.807, 2.05) is 19.1 Å². The first-order valence-corrected chi connectivity index (χ1v) is 9.62. The van der Waals surface area contributed by atoms with Crippen LogP contribution in [-0.4, -0.2) is 19.6 Å². The van der Waals surface area contributed by atoms with Gasteiger partial charge >= 0.3 is 0 Å². The predicted molar refractivity (Wildman–Crippen MR) is 104 cm³/mol. The van der Waals surface area contributed by atoms with Gasteiger partial charge in [-0.1, -0.05) is 30.7 Å². The van der Waals surface area contributed by atoms with Crippen LogP contribution in [0, 0.1) is 11.3 Å². The molecule has 1 amide bonds. The van der Waals surface area contributed by atoms with Crippen molar-refractivity contribution in [3.05, 3.63) is 44.8 Å². The molecule has 0 fully saturated rings. The van der Waals surface area contributed by atoms with Crippen molar-refractivity contribution < 1.29 is 9.53 Å². The number of rotatable bonds is 5. The molecule has 136 valence electrons. The van der Waals surface area contributed by atoms with Crippen molar-refractivity contribution in [2.24, 2.45) is 0 Å². The molecule has 3 rings (SSSR count). The highest BCUT2D eigenvalue weighted by atomic mass is 35.5. The van der Waals surface area contributed by atoms with Gasteiger partial charge in [0.15, 0.2) is 0 Å².